The quantitative estimate of drug-likeness (QED) is 0.0441. The molecule has 0 unspecified atom stereocenters. The van der Waals surface area contributed by atoms with Gasteiger partial charge in [0, 0.05) is 12.2 Å². The molecule has 0 aromatic heterocycles. The monoisotopic (exact) mass is 758 g/mol. The van der Waals surface area contributed by atoms with Crippen molar-refractivity contribution in [3.63, 3.8) is 0 Å². The minimum absolute atomic E-state index is 0.248. The molecular weight excluding hydrogens is 708 g/mol. The van der Waals surface area contributed by atoms with Gasteiger partial charge in [0.1, 0.15) is 11.5 Å². The van der Waals surface area contributed by atoms with Crippen molar-refractivity contribution >= 4 is 35.8 Å². The van der Waals surface area contributed by atoms with Crippen LogP contribution in [0.2, 0.25) is 0 Å². The van der Waals surface area contributed by atoms with Gasteiger partial charge in [-0.15, -0.1) is 0 Å². The van der Waals surface area contributed by atoms with E-state index in [9.17, 15) is 28.8 Å². The molecule has 0 radical (unpaired) electrons. The Morgan fingerprint density at radius 3 is 1.16 bits per heavy atom. The van der Waals surface area contributed by atoms with Crippen LogP contribution in [0.1, 0.15) is 88.2 Å². The molecule has 0 heterocycles. The van der Waals surface area contributed by atoms with E-state index in [-0.39, 0.29) is 74.0 Å². The summed E-state index contributed by atoms with van der Waals surface area (Å²) in [5.41, 5.74) is 4.09. The first-order valence-electron chi connectivity index (χ1n) is 19.3. The van der Waals surface area contributed by atoms with Gasteiger partial charge in [0.05, 0.1) is 50.1 Å². The first kappa shape index (κ1) is 40.9. The molecule has 3 aliphatic rings. The van der Waals surface area contributed by atoms with Gasteiger partial charge in [-0.05, 0) is 130 Å². The maximum Gasteiger partial charge on any atom is 0.330 e. The lowest BCUT2D eigenvalue weighted by Crippen LogP contribution is -2.29. The number of unbranched alkanes of at least 4 members (excludes halogenated alkanes) is 2. The third-order valence-electron chi connectivity index (χ3n) is 10.4. The zero-order chi connectivity index (χ0) is 39.2. The number of hydrogen-bond acceptors (Lipinski definition) is 12. The Morgan fingerprint density at radius 2 is 0.818 bits per heavy atom. The molecule has 12 nitrogen and oxygen atoms in total. The van der Waals surface area contributed by atoms with Gasteiger partial charge in [-0.2, -0.15) is 0 Å². The molecule has 0 saturated heterocycles. The lowest BCUT2D eigenvalue weighted by atomic mass is 9.82. The summed E-state index contributed by atoms with van der Waals surface area (Å²) in [6.07, 6.45) is 9.55. The van der Waals surface area contributed by atoms with Gasteiger partial charge in [-0.1, -0.05) is 25.3 Å². The zero-order valence-electron chi connectivity index (χ0n) is 31.3. The summed E-state index contributed by atoms with van der Waals surface area (Å²) in [5, 5.41) is 0. The molecule has 5 rings (SSSR count). The lowest BCUT2D eigenvalue weighted by molar-refractivity contribution is -0.152. The Labute approximate surface area is 321 Å². The number of ether oxygens (including phenoxy) is 6. The third kappa shape index (κ3) is 11.9. The maximum absolute atomic E-state index is 13.1. The van der Waals surface area contributed by atoms with Crippen molar-refractivity contribution in [2.24, 2.45) is 23.7 Å². The van der Waals surface area contributed by atoms with Gasteiger partial charge < -0.3 is 28.4 Å². The van der Waals surface area contributed by atoms with Gasteiger partial charge in [0.25, 0.3) is 0 Å². The fourth-order valence-electron chi connectivity index (χ4n) is 7.27. The minimum Gasteiger partial charge on any atom is -0.465 e. The van der Waals surface area contributed by atoms with Crippen LogP contribution >= 0.6 is 0 Å². The fourth-order valence-corrected chi connectivity index (χ4v) is 7.27. The average molecular weight is 759 g/mol. The van der Waals surface area contributed by atoms with E-state index in [1.54, 1.807) is 12.1 Å². The highest BCUT2D eigenvalue weighted by Crippen LogP contribution is 2.41. The summed E-state index contributed by atoms with van der Waals surface area (Å²) in [6.45, 7) is 7.70. The Hall–Kier alpha value is -5.26. The lowest BCUT2D eigenvalue weighted by Gasteiger charge is -2.26. The summed E-state index contributed by atoms with van der Waals surface area (Å²) in [5.74, 6) is -2.24. The first-order valence-corrected chi connectivity index (χ1v) is 19.3. The number of hydrogen-bond donors (Lipinski definition) is 0. The number of rotatable bonds is 18. The molecule has 2 aromatic carbocycles. The largest absolute Gasteiger partial charge is 0.465 e. The third-order valence-corrected chi connectivity index (χ3v) is 10.4. The van der Waals surface area contributed by atoms with E-state index in [2.05, 4.69) is 13.2 Å². The molecule has 0 amide bonds. The van der Waals surface area contributed by atoms with Gasteiger partial charge in [-0.25, -0.2) is 9.59 Å². The molecule has 2 fully saturated rings. The van der Waals surface area contributed by atoms with Crippen molar-refractivity contribution < 1.29 is 57.2 Å². The van der Waals surface area contributed by atoms with Crippen molar-refractivity contribution in [2.45, 2.75) is 83.5 Å². The van der Waals surface area contributed by atoms with E-state index in [1.165, 1.54) is 0 Å². The normalized spacial score (nSPS) is 19.8. The highest BCUT2D eigenvalue weighted by molar-refractivity contribution is 5.82. The van der Waals surface area contributed by atoms with Crippen molar-refractivity contribution in [1.82, 2.24) is 0 Å². The van der Waals surface area contributed by atoms with Gasteiger partial charge in [0.15, 0.2) is 0 Å². The molecular formula is C43H50O12. The molecule has 294 valence electrons. The van der Waals surface area contributed by atoms with Crippen LogP contribution in [-0.2, 0) is 54.1 Å². The van der Waals surface area contributed by atoms with E-state index >= 15 is 0 Å². The predicted octanol–water partition coefficient (Wildman–Crippen LogP) is 6.79. The van der Waals surface area contributed by atoms with Gasteiger partial charge in [-0.3, -0.25) is 19.2 Å². The summed E-state index contributed by atoms with van der Waals surface area (Å²) in [4.78, 5) is 73.3. The maximum atomic E-state index is 13.1. The molecule has 2 saturated carbocycles. The summed E-state index contributed by atoms with van der Waals surface area (Å²) in [6, 6.07) is 11.2. The topological polar surface area (TPSA) is 158 Å². The Bertz CT molecular complexity index is 1600. The van der Waals surface area contributed by atoms with Crippen molar-refractivity contribution in [2.75, 3.05) is 26.4 Å². The number of carbonyl (C=O) groups excluding carboxylic acids is 6. The van der Waals surface area contributed by atoms with Gasteiger partial charge >= 0.3 is 35.8 Å². The van der Waals surface area contributed by atoms with Crippen LogP contribution < -0.4 is 9.47 Å². The predicted molar refractivity (Wildman–Crippen MR) is 200 cm³/mol. The van der Waals surface area contributed by atoms with Crippen LogP contribution in [0, 0.1) is 23.7 Å². The molecule has 0 bridgehead atoms. The standard InChI is InChI=1S/C43H50O12/c1-3-38(44)50-21-5-7-23-52-40(46)28-9-13-30(14-10-28)42(48)54-34-17-19-36-32(26-34)25-33-27-35(18-20-37(33)36)55-43(49)31-15-11-29(12-16-31)41(47)53-24-8-6-22-51-39(45)4-2/h3-4,17-20,26-31H,1-2,5-16,21-25H2. The molecule has 2 aromatic rings. The van der Waals surface area contributed by atoms with Crippen LogP contribution in [-0.4, -0.2) is 62.2 Å². The second kappa shape index (κ2) is 20.4. The Morgan fingerprint density at radius 1 is 0.491 bits per heavy atom. The van der Waals surface area contributed by atoms with Gasteiger partial charge in [0.2, 0.25) is 0 Å². The molecule has 12 heteroatoms. The Balaban J connectivity index is 1.00. The minimum atomic E-state index is -0.475. The smallest absolute Gasteiger partial charge is 0.330 e. The molecule has 0 aliphatic heterocycles. The summed E-state index contributed by atoms with van der Waals surface area (Å²) < 4.78 is 32.2. The second-order valence-corrected chi connectivity index (χ2v) is 14.2. The van der Waals surface area contributed by atoms with Crippen LogP contribution in [0.3, 0.4) is 0 Å². The highest BCUT2D eigenvalue weighted by Gasteiger charge is 2.34. The van der Waals surface area contributed by atoms with Crippen molar-refractivity contribution in [3.8, 4) is 22.6 Å². The van der Waals surface area contributed by atoms with Crippen LogP contribution in [0.4, 0.5) is 0 Å². The van der Waals surface area contributed by atoms with E-state index in [0.29, 0.717) is 95.0 Å². The van der Waals surface area contributed by atoms with Crippen molar-refractivity contribution in [1.29, 1.82) is 0 Å². The second-order valence-electron chi connectivity index (χ2n) is 14.2. The molecule has 3 aliphatic carbocycles. The van der Waals surface area contributed by atoms with E-state index < -0.39 is 11.9 Å². The SMILES string of the molecule is C=CC(=O)OCCCCOC(=O)C1CCC(C(=O)Oc2ccc3c(c2)Cc2cc(OC(=O)C4CCC(C(=O)OCCCCOC(=O)C=C)CC4)ccc2-3)CC1. The summed E-state index contributed by atoms with van der Waals surface area (Å²) in [7, 11) is 0. The van der Waals surface area contributed by atoms with Crippen LogP contribution in [0.15, 0.2) is 61.7 Å². The zero-order valence-corrected chi connectivity index (χ0v) is 31.3. The number of fused-ring (bicyclic) bond motifs is 3. The fraction of sp³-hybridized carbons (Fsp3) is 0.488. The molecule has 0 N–H and O–H groups in total. The number of benzene rings is 2. The molecule has 0 atom stereocenters. The van der Waals surface area contributed by atoms with Crippen LogP contribution in [0.5, 0.6) is 11.5 Å². The van der Waals surface area contributed by atoms with Crippen molar-refractivity contribution in [3.05, 3.63) is 72.8 Å². The van der Waals surface area contributed by atoms with E-state index in [0.717, 1.165) is 34.4 Å². The molecule has 0 spiro atoms. The van der Waals surface area contributed by atoms with Crippen LogP contribution in [0.25, 0.3) is 11.1 Å². The Kier molecular flexibility index (Phi) is 15.2. The number of carbonyl (C=O) groups is 6. The first-order chi connectivity index (χ1) is 26.6. The van der Waals surface area contributed by atoms with E-state index in [1.807, 2.05) is 24.3 Å². The highest BCUT2D eigenvalue weighted by atomic mass is 16.6. The average Bonchev–Trinajstić information content (AvgIpc) is 3.56. The summed E-state index contributed by atoms with van der Waals surface area (Å²) >= 11 is 0. The number of esters is 6. The van der Waals surface area contributed by atoms with E-state index in [4.69, 9.17) is 28.4 Å². The molecule has 55 heavy (non-hydrogen) atoms.